The van der Waals surface area contributed by atoms with E-state index in [4.69, 9.17) is 11.6 Å². The molecule has 3 aromatic rings. The first-order valence-electron chi connectivity index (χ1n) is 6.35. The molecule has 0 fully saturated rings. The number of halogens is 1. The number of aromatic amines is 1. The molecule has 19 heavy (non-hydrogen) atoms. The molecule has 1 atom stereocenters. The van der Waals surface area contributed by atoms with Crippen molar-refractivity contribution in [2.75, 3.05) is 0 Å². The van der Waals surface area contributed by atoms with E-state index in [0.29, 0.717) is 0 Å². The van der Waals surface area contributed by atoms with Gasteiger partial charge in [0, 0.05) is 28.7 Å². The number of rotatable bonds is 2. The summed E-state index contributed by atoms with van der Waals surface area (Å²) in [6.07, 6.45) is 3.91. The van der Waals surface area contributed by atoms with Gasteiger partial charge < -0.3 is 4.98 Å². The summed E-state index contributed by atoms with van der Waals surface area (Å²) in [6, 6.07) is 10.2. The molecule has 0 aliphatic carbocycles. The Morgan fingerprint density at radius 3 is 2.79 bits per heavy atom. The second kappa shape index (κ2) is 4.71. The highest BCUT2D eigenvalue weighted by atomic mass is 35.5. The number of hydrogen-bond donors (Lipinski definition) is 1. The van der Waals surface area contributed by atoms with Crippen molar-refractivity contribution in [1.29, 1.82) is 0 Å². The minimum absolute atomic E-state index is 0.242. The minimum atomic E-state index is 0.242. The van der Waals surface area contributed by atoms with Crippen LogP contribution in [-0.2, 0) is 0 Å². The third kappa shape index (κ3) is 2.13. The first-order chi connectivity index (χ1) is 9.16. The molecule has 0 radical (unpaired) electrons. The molecule has 3 rings (SSSR count). The molecular formula is C16H15ClN2. The van der Waals surface area contributed by atoms with Gasteiger partial charge in [0.2, 0.25) is 0 Å². The number of fused-ring (bicyclic) bond motifs is 1. The van der Waals surface area contributed by atoms with E-state index in [1.807, 2.05) is 30.6 Å². The molecule has 1 unspecified atom stereocenters. The molecule has 0 saturated heterocycles. The average Bonchev–Trinajstić information content (AvgIpc) is 2.81. The number of aryl methyl sites for hydroxylation is 1. The smallest absolute Gasteiger partial charge is 0.137 e. The normalized spacial score (nSPS) is 12.8. The second-order valence-electron chi connectivity index (χ2n) is 4.90. The van der Waals surface area contributed by atoms with Crippen molar-refractivity contribution >= 4 is 22.6 Å². The Bertz CT molecular complexity index is 730. The van der Waals surface area contributed by atoms with Gasteiger partial charge in [-0.15, -0.1) is 0 Å². The van der Waals surface area contributed by atoms with Crippen LogP contribution in [0, 0.1) is 6.92 Å². The third-order valence-corrected chi connectivity index (χ3v) is 3.88. The maximum absolute atomic E-state index is 6.29. The quantitative estimate of drug-likeness (QED) is 0.720. The Balaban J connectivity index is 2.14. The van der Waals surface area contributed by atoms with Crippen LogP contribution in [0.1, 0.15) is 29.5 Å². The van der Waals surface area contributed by atoms with E-state index in [1.165, 1.54) is 16.5 Å². The van der Waals surface area contributed by atoms with Gasteiger partial charge in [0.15, 0.2) is 0 Å². The van der Waals surface area contributed by atoms with Gasteiger partial charge in [0.1, 0.15) is 5.65 Å². The minimum Gasteiger partial charge on any atom is -0.346 e. The van der Waals surface area contributed by atoms with Gasteiger partial charge in [-0.25, -0.2) is 4.98 Å². The fourth-order valence-electron chi connectivity index (χ4n) is 2.48. The van der Waals surface area contributed by atoms with Crippen LogP contribution in [0.4, 0.5) is 0 Å². The van der Waals surface area contributed by atoms with Crippen molar-refractivity contribution in [1.82, 2.24) is 9.97 Å². The van der Waals surface area contributed by atoms with Crippen molar-refractivity contribution in [2.24, 2.45) is 0 Å². The van der Waals surface area contributed by atoms with E-state index in [2.05, 4.69) is 35.9 Å². The molecule has 3 heteroatoms. The van der Waals surface area contributed by atoms with Crippen LogP contribution < -0.4 is 0 Å². The first kappa shape index (κ1) is 12.2. The summed E-state index contributed by atoms with van der Waals surface area (Å²) in [5.41, 5.74) is 4.48. The van der Waals surface area contributed by atoms with Crippen LogP contribution in [0.25, 0.3) is 11.0 Å². The lowest BCUT2D eigenvalue weighted by Gasteiger charge is -2.13. The van der Waals surface area contributed by atoms with Gasteiger partial charge in [-0.05, 0) is 35.7 Å². The molecule has 0 saturated carbocycles. The number of nitrogens with zero attached hydrogens (tertiary/aromatic N) is 1. The van der Waals surface area contributed by atoms with Crippen LogP contribution in [0.2, 0.25) is 5.02 Å². The van der Waals surface area contributed by atoms with Crippen molar-refractivity contribution in [3.05, 3.63) is 64.4 Å². The van der Waals surface area contributed by atoms with Crippen LogP contribution >= 0.6 is 11.6 Å². The predicted molar refractivity (Wildman–Crippen MR) is 79.8 cm³/mol. The van der Waals surface area contributed by atoms with E-state index < -0.39 is 0 Å². The SMILES string of the molecule is Cc1cnc2[nH]cc(C(C)c3ccccc3Cl)c2c1. The highest BCUT2D eigenvalue weighted by Crippen LogP contribution is 2.33. The third-order valence-electron chi connectivity index (χ3n) is 3.54. The Hall–Kier alpha value is -1.80. The van der Waals surface area contributed by atoms with Crippen molar-refractivity contribution in [3.8, 4) is 0 Å². The van der Waals surface area contributed by atoms with E-state index in [-0.39, 0.29) is 5.92 Å². The van der Waals surface area contributed by atoms with Crippen molar-refractivity contribution in [2.45, 2.75) is 19.8 Å². The number of benzene rings is 1. The van der Waals surface area contributed by atoms with E-state index >= 15 is 0 Å². The van der Waals surface area contributed by atoms with E-state index in [9.17, 15) is 0 Å². The Morgan fingerprint density at radius 2 is 2.00 bits per heavy atom. The second-order valence-corrected chi connectivity index (χ2v) is 5.30. The Labute approximate surface area is 117 Å². The van der Waals surface area contributed by atoms with Crippen molar-refractivity contribution < 1.29 is 0 Å². The fraction of sp³-hybridized carbons (Fsp3) is 0.188. The number of aromatic nitrogens is 2. The highest BCUT2D eigenvalue weighted by molar-refractivity contribution is 6.31. The molecule has 2 heterocycles. The number of hydrogen-bond acceptors (Lipinski definition) is 1. The van der Waals surface area contributed by atoms with Crippen LogP contribution in [0.3, 0.4) is 0 Å². The van der Waals surface area contributed by atoms with Gasteiger partial charge >= 0.3 is 0 Å². The number of nitrogens with one attached hydrogen (secondary N) is 1. The highest BCUT2D eigenvalue weighted by Gasteiger charge is 2.16. The Kier molecular flexibility index (Phi) is 3.03. The van der Waals surface area contributed by atoms with Gasteiger partial charge in [0.05, 0.1) is 0 Å². The van der Waals surface area contributed by atoms with E-state index in [1.54, 1.807) is 0 Å². The molecule has 96 valence electrons. The summed E-state index contributed by atoms with van der Waals surface area (Å²) in [7, 11) is 0. The largest absolute Gasteiger partial charge is 0.346 e. The van der Waals surface area contributed by atoms with Gasteiger partial charge in [-0.1, -0.05) is 36.7 Å². The lowest BCUT2D eigenvalue weighted by molar-refractivity contribution is 0.932. The van der Waals surface area contributed by atoms with Crippen molar-refractivity contribution in [3.63, 3.8) is 0 Å². The van der Waals surface area contributed by atoms with Crippen LogP contribution in [-0.4, -0.2) is 9.97 Å². The summed E-state index contributed by atoms with van der Waals surface area (Å²) >= 11 is 6.29. The van der Waals surface area contributed by atoms with Crippen LogP contribution in [0.5, 0.6) is 0 Å². The predicted octanol–water partition coefficient (Wildman–Crippen LogP) is 4.68. The lowest BCUT2D eigenvalue weighted by atomic mass is 9.93. The number of pyridine rings is 1. The fourth-order valence-corrected chi connectivity index (χ4v) is 2.78. The summed E-state index contributed by atoms with van der Waals surface area (Å²) in [6.45, 7) is 4.23. The molecule has 0 amide bonds. The molecular weight excluding hydrogens is 256 g/mol. The summed E-state index contributed by atoms with van der Waals surface area (Å²) in [4.78, 5) is 7.64. The summed E-state index contributed by atoms with van der Waals surface area (Å²) in [5, 5.41) is 1.98. The monoisotopic (exact) mass is 270 g/mol. The standard InChI is InChI=1S/C16H15ClN2/c1-10-7-13-14(9-19-16(13)18-8-10)11(2)12-5-3-4-6-15(12)17/h3-9,11H,1-2H3,(H,18,19). The van der Waals surface area contributed by atoms with E-state index in [0.717, 1.165) is 16.2 Å². The molecule has 2 aromatic heterocycles. The average molecular weight is 271 g/mol. The topological polar surface area (TPSA) is 28.7 Å². The molecule has 1 aromatic carbocycles. The molecule has 0 aliphatic heterocycles. The zero-order valence-electron chi connectivity index (χ0n) is 10.9. The Morgan fingerprint density at radius 1 is 1.21 bits per heavy atom. The summed E-state index contributed by atoms with van der Waals surface area (Å²) in [5.74, 6) is 0.242. The zero-order chi connectivity index (χ0) is 13.4. The maximum atomic E-state index is 6.29. The molecule has 0 aliphatic rings. The zero-order valence-corrected chi connectivity index (χ0v) is 11.7. The maximum Gasteiger partial charge on any atom is 0.137 e. The number of H-pyrrole nitrogens is 1. The molecule has 1 N–H and O–H groups in total. The molecule has 0 bridgehead atoms. The van der Waals surface area contributed by atoms with Gasteiger partial charge in [0.25, 0.3) is 0 Å². The van der Waals surface area contributed by atoms with Gasteiger partial charge in [-0.2, -0.15) is 0 Å². The first-order valence-corrected chi connectivity index (χ1v) is 6.72. The van der Waals surface area contributed by atoms with Gasteiger partial charge in [-0.3, -0.25) is 0 Å². The summed E-state index contributed by atoms with van der Waals surface area (Å²) < 4.78 is 0. The molecule has 2 nitrogen and oxygen atoms in total. The lowest BCUT2D eigenvalue weighted by Crippen LogP contribution is -1.96. The van der Waals surface area contributed by atoms with Crippen LogP contribution in [0.15, 0.2) is 42.7 Å². The molecule has 0 spiro atoms.